The summed E-state index contributed by atoms with van der Waals surface area (Å²) in [5, 5.41) is 10.8. The molecule has 6 heteroatoms. The van der Waals surface area contributed by atoms with Crippen molar-refractivity contribution in [2.24, 2.45) is 0 Å². The molecular formula is C15H16ClN3O2. The van der Waals surface area contributed by atoms with Crippen LogP contribution in [0.4, 0.5) is 0 Å². The molecular weight excluding hydrogens is 290 g/mol. The van der Waals surface area contributed by atoms with Crippen molar-refractivity contribution in [3.05, 3.63) is 53.1 Å². The van der Waals surface area contributed by atoms with E-state index in [2.05, 4.69) is 9.97 Å². The first-order valence-corrected chi connectivity index (χ1v) is 7.23. The van der Waals surface area contributed by atoms with E-state index in [0.29, 0.717) is 29.7 Å². The molecule has 1 saturated heterocycles. The van der Waals surface area contributed by atoms with Crippen molar-refractivity contribution in [3.8, 4) is 0 Å². The van der Waals surface area contributed by atoms with Crippen molar-refractivity contribution in [1.29, 1.82) is 0 Å². The van der Waals surface area contributed by atoms with Crippen molar-refractivity contribution in [2.75, 3.05) is 13.1 Å². The van der Waals surface area contributed by atoms with E-state index in [-0.39, 0.29) is 5.91 Å². The Morgan fingerprint density at radius 3 is 2.86 bits per heavy atom. The molecule has 0 radical (unpaired) electrons. The second kappa shape index (κ2) is 5.87. The van der Waals surface area contributed by atoms with Gasteiger partial charge >= 0.3 is 0 Å². The van der Waals surface area contributed by atoms with Gasteiger partial charge in [0.1, 0.15) is 0 Å². The van der Waals surface area contributed by atoms with Crippen molar-refractivity contribution in [2.45, 2.75) is 18.4 Å². The quantitative estimate of drug-likeness (QED) is 0.912. The van der Waals surface area contributed by atoms with Crippen molar-refractivity contribution in [3.63, 3.8) is 0 Å². The number of aliphatic hydroxyl groups is 1. The molecule has 1 aliphatic rings. The van der Waals surface area contributed by atoms with E-state index < -0.39 is 6.10 Å². The van der Waals surface area contributed by atoms with E-state index in [9.17, 15) is 9.90 Å². The Morgan fingerprint density at radius 2 is 2.19 bits per heavy atom. The van der Waals surface area contributed by atoms with Gasteiger partial charge in [-0.2, -0.15) is 0 Å². The molecule has 1 fully saturated rings. The first kappa shape index (κ1) is 14.1. The van der Waals surface area contributed by atoms with Crippen molar-refractivity contribution < 1.29 is 9.90 Å². The zero-order valence-corrected chi connectivity index (χ0v) is 12.1. The van der Waals surface area contributed by atoms with Gasteiger partial charge < -0.3 is 15.0 Å². The normalized spacial score (nSPS) is 19.7. The maximum absolute atomic E-state index is 12.3. The van der Waals surface area contributed by atoms with Crippen LogP contribution in [0.15, 0.2) is 36.8 Å². The molecule has 0 aliphatic carbocycles. The first-order chi connectivity index (χ1) is 10.1. The lowest BCUT2D eigenvalue weighted by Gasteiger charge is -2.19. The van der Waals surface area contributed by atoms with E-state index in [1.54, 1.807) is 4.90 Å². The molecule has 2 atom stereocenters. The van der Waals surface area contributed by atoms with Gasteiger partial charge in [-0.3, -0.25) is 4.79 Å². The highest BCUT2D eigenvalue weighted by molar-refractivity contribution is 6.30. The van der Waals surface area contributed by atoms with Crippen LogP contribution in [-0.4, -0.2) is 39.0 Å². The predicted octanol–water partition coefficient (Wildman–Crippen LogP) is 2.11. The highest BCUT2D eigenvalue weighted by Crippen LogP contribution is 2.29. The monoisotopic (exact) mass is 305 g/mol. The molecule has 2 unspecified atom stereocenters. The number of halogens is 1. The minimum Gasteiger partial charge on any atom is -0.377 e. The number of hydrogen-bond acceptors (Lipinski definition) is 3. The fourth-order valence-electron chi connectivity index (χ4n) is 2.69. The molecule has 110 valence electrons. The Kier molecular flexibility index (Phi) is 3.94. The molecule has 0 bridgehead atoms. The number of rotatable bonds is 3. The number of aromatic nitrogens is 2. The summed E-state index contributed by atoms with van der Waals surface area (Å²) in [6, 6.07) is 7.71. The standard InChI is InChI=1S/C15H16ClN3O2/c16-12-3-1-10(2-4-12)11-5-6-19(8-11)15(21)14(20)13-7-17-9-18-13/h1-4,7,9,11,14,20H,5-6,8H2,(H,17,18). The lowest BCUT2D eigenvalue weighted by molar-refractivity contribution is -0.139. The van der Waals surface area contributed by atoms with Crippen LogP contribution in [0.2, 0.25) is 5.02 Å². The van der Waals surface area contributed by atoms with Gasteiger partial charge in [0.15, 0.2) is 6.10 Å². The summed E-state index contributed by atoms with van der Waals surface area (Å²) in [6.45, 7) is 1.27. The van der Waals surface area contributed by atoms with Gasteiger partial charge in [-0.25, -0.2) is 4.98 Å². The number of imidazole rings is 1. The number of aromatic amines is 1. The zero-order valence-electron chi connectivity index (χ0n) is 11.4. The Hall–Kier alpha value is -1.85. The molecule has 2 heterocycles. The van der Waals surface area contributed by atoms with Gasteiger partial charge in [0, 0.05) is 24.0 Å². The number of hydrogen-bond donors (Lipinski definition) is 2. The molecule has 5 nitrogen and oxygen atoms in total. The van der Waals surface area contributed by atoms with Crippen molar-refractivity contribution in [1.82, 2.24) is 14.9 Å². The minimum absolute atomic E-state index is 0.282. The van der Waals surface area contributed by atoms with Crippen LogP contribution in [-0.2, 0) is 4.79 Å². The van der Waals surface area contributed by atoms with E-state index in [1.807, 2.05) is 24.3 Å². The highest BCUT2D eigenvalue weighted by atomic mass is 35.5. The van der Waals surface area contributed by atoms with Gasteiger partial charge in [0.05, 0.1) is 18.2 Å². The van der Waals surface area contributed by atoms with E-state index in [1.165, 1.54) is 18.1 Å². The topological polar surface area (TPSA) is 69.2 Å². The molecule has 0 saturated carbocycles. The summed E-state index contributed by atoms with van der Waals surface area (Å²) in [5.74, 6) is 0.0101. The third-order valence-corrected chi connectivity index (χ3v) is 4.14. The largest absolute Gasteiger partial charge is 0.377 e. The molecule has 1 aromatic carbocycles. The Morgan fingerprint density at radius 1 is 1.43 bits per heavy atom. The first-order valence-electron chi connectivity index (χ1n) is 6.86. The average molecular weight is 306 g/mol. The SMILES string of the molecule is O=C(C(O)c1cnc[nH]1)N1CCC(c2ccc(Cl)cc2)C1. The van der Waals surface area contributed by atoms with Crippen LogP contribution in [0.1, 0.15) is 29.7 Å². The summed E-state index contributed by atoms with van der Waals surface area (Å²) >= 11 is 5.89. The number of nitrogens with one attached hydrogen (secondary N) is 1. The molecule has 1 aliphatic heterocycles. The summed E-state index contributed by atoms with van der Waals surface area (Å²) in [5.41, 5.74) is 1.60. The smallest absolute Gasteiger partial charge is 0.257 e. The zero-order chi connectivity index (χ0) is 14.8. The molecule has 3 rings (SSSR count). The van der Waals surface area contributed by atoms with Crippen molar-refractivity contribution >= 4 is 17.5 Å². The molecule has 21 heavy (non-hydrogen) atoms. The van der Waals surface area contributed by atoms with Gasteiger partial charge in [-0.1, -0.05) is 23.7 Å². The van der Waals surface area contributed by atoms with Crippen LogP contribution in [0.5, 0.6) is 0 Å². The maximum atomic E-state index is 12.3. The number of amides is 1. The van der Waals surface area contributed by atoms with E-state index in [0.717, 1.165) is 6.42 Å². The minimum atomic E-state index is -1.17. The Balaban J connectivity index is 1.66. The lowest BCUT2D eigenvalue weighted by Crippen LogP contribution is -2.33. The summed E-state index contributed by atoms with van der Waals surface area (Å²) in [7, 11) is 0. The van der Waals surface area contributed by atoms with Crippen LogP contribution >= 0.6 is 11.6 Å². The maximum Gasteiger partial charge on any atom is 0.257 e. The van der Waals surface area contributed by atoms with Gasteiger partial charge in [-0.15, -0.1) is 0 Å². The molecule has 2 aromatic rings. The van der Waals surface area contributed by atoms with E-state index >= 15 is 0 Å². The predicted molar refractivity (Wildman–Crippen MR) is 78.9 cm³/mol. The Labute approximate surface area is 127 Å². The van der Waals surface area contributed by atoms with Crippen LogP contribution in [0.3, 0.4) is 0 Å². The third kappa shape index (κ3) is 2.94. The fourth-order valence-corrected chi connectivity index (χ4v) is 2.82. The highest BCUT2D eigenvalue weighted by Gasteiger charge is 2.31. The number of carbonyl (C=O) groups is 1. The van der Waals surface area contributed by atoms with E-state index in [4.69, 9.17) is 11.6 Å². The summed E-state index contributed by atoms with van der Waals surface area (Å²) < 4.78 is 0. The number of H-pyrrole nitrogens is 1. The molecule has 1 amide bonds. The number of benzene rings is 1. The Bertz CT molecular complexity index is 612. The summed E-state index contributed by atoms with van der Waals surface area (Å²) in [4.78, 5) is 20.6. The number of carbonyl (C=O) groups excluding carboxylic acids is 1. The lowest BCUT2D eigenvalue weighted by atomic mass is 9.99. The van der Waals surface area contributed by atoms with Crippen LogP contribution < -0.4 is 0 Å². The fraction of sp³-hybridized carbons (Fsp3) is 0.333. The average Bonchev–Trinajstić information content (AvgIpc) is 3.18. The summed E-state index contributed by atoms with van der Waals surface area (Å²) in [6.07, 6.45) is 2.64. The van der Waals surface area contributed by atoms with Gasteiger partial charge in [0.25, 0.3) is 5.91 Å². The molecule has 0 spiro atoms. The van der Waals surface area contributed by atoms with Gasteiger partial charge in [0.2, 0.25) is 0 Å². The second-order valence-corrected chi connectivity index (χ2v) is 5.67. The van der Waals surface area contributed by atoms with Gasteiger partial charge in [-0.05, 0) is 24.1 Å². The van der Waals surface area contributed by atoms with Crippen LogP contribution in [0, 0.1) is 0 Å². The number of nitrogens with zero attached hydrogens (tertiary/aromatic N) is 2. The molecule has 2 N–H and O–H groups in total. The second-order valence-electron chi connectivity index (χ2n) is 5.23. The van der Waals surface area contributed by atoms with Crippen LogP contribution in [0.25, 0.3) is 0 Å². The molecule has 1 aromatic heterocycles. The third-order valence-electron chi connectivity index (χ3n) is 3.89. The number of likely N-dealkylation sites (tertiary alicyclic amines) is 1. The number of aliphatic hydroxyl groups excluding tert-OH is 1.